The molecule has 0 atom stereocenters. The Kier molecular flexibility index (Phi) is 3.29. The number of anilines is 1. The number of para-hydroxylation sites is 1. The van der Waals surface area contributed by atoms with Gasteiger partial charge in [0.25, 0.3) is 0 Å². The smallest absolute Gasteiger partial charge is 0.131 e. The van der Waals surface area contributed by atoms with Crippen molar-refractivity contribution in [2.45, 2.75) is 6.54 Å². The van der Waals surface area contributed by atoms with Crippen molar-refractivity contribution >= 4 is 16.6 Å². The topological polar surface area (TPSA) is 24.9 Å². The zero-order valence-electron chi connectivity index (χ0n) is 10.6. The maximum Gasteiger partial charge on any atom is 0.131 e. The van der Waals surface area contributed by atoms with E-state index in [2.05, 4.69) is 10.3 Å². The molecule has 0 fully saturated rings. The molecule has 3 aromatic rings. The third-order valence-electron chi connectivity index (χ3n) is 3.09. The second kappa shape index (κ2) is 5.25. The zero-order valence-corrected chi connectivity index (χ0v) is 10.6. The van der Waals surface area contributed by atoms with Gasteiger partial charge in [-0.1, -0.05) is 24.3 Å². The van der Waals surface area contributed by atoms with Gasteiger partial charge in [0.1, 0.15) is 11.6 Å². The third-order valence-corrected chi connectivity index (χ3v) is 3.09. The van der Waals surface area contributed by atoms with E-state index in [-0.39, 0.29) is 6.54 Å². The van der Waals surface area contributed by atoms with Crippen LogP contribution in [-0.4, -0.2) is 4.98 Å². The van der Waals surface area contributed by atoms with Crippen LogP contribution in [0.4, 0.5) is 14.5 Å². The lowest BCUT2D eigenvalue weighted by Gasteiger charge is -2.08. The maximum absolute atomic E-state index is 13.5. The number of nitrogens with one attached hydrogen (secondary N) is 1. The van der Waals surface area contributed by atoms with Gasteiger partial charge >= 0.3 is 0 Å². The molecule has 100 valence electrons. The Labute approximate surface area is 115 Å². The molecule has 0 spiro atoms. The van der Waals surface area contributed by atoms with Crippen LogP contribution in [0.1, 0.15) is 5.56 Å². The van der Waals surface area contributed by atoms with E-state index in [0.29, 0.717) is 5.56 Å². The maximum atomic E-state index is 13.5. The number of hydrogen-bond donors (Lipinski definition) is 1. The number of benzene rings is 2. The summed E-state index contributed by atoms with van der Waals surface area (Å²) in [5.41, 5.74) is 2.12. The van der Waals surface area contributed by atoms with Crippen LogP contribution < -0.4 is 5.32 Å². The van der Waals surface area contributed by atoms with E-state index in [1.807, 2.05) is 30.3 Å². The first-order valence-electron chi connectivity index (χ1n) is 6.25. The Hall–Kier alpha value is -2.49. The molecule has 0 saturated carbocycles. The Morgan fingerprint density at radius 1 is 1.00 bits per heavy atom. The van der Waals surface area contributed by atoms with Crippen LogP contribution in [0, 0.1) is 11.6 Å². The summed E-state index contributed by atoms with van der Waals surface area (Å²) in [6.45, 7) is 0.284. The minimum absolute atomic E-state index is 0.284. The van der Waals surface area contributed by atoms with Gasteiger partial charge in [0.15, 0.2) is 0 Å². The van der Waals surface area contributed by atoms with Gasteiger partial charge in [-0.05, 0) is 18.2 Å². The third kappa shape index (κ3) is 2.59. The molecule has 0 amide bonds. The fourth-order valence-corrected chi connectivity index (χ4v) is 2.03. The number of halogens is 2. The Bertz CT molecular complexity index is 756. The van der Waals surface area contributed by atoms with E-state index in [1.165, 1.54) is 12.1 Å². The largest absolute Gasteiger partial charge is 0.380 e. The lowest BCUT2D eigenvalue weighted by atomic mass is 10.2. The predicted molar refractivity (Wildman–Crippen MR) is 75.4 cm³/mol. The summed E-state index contributed by atoms with van der Waals surface area (Å²) in [6.07, 6.45) is 1.70. The van der Waals surface area contributed by atoms with E-state index >= 15 is 0 Å². The molecular weight excluding hydrogens is 258 g/mol. The zero-order chi connectivity index (χ0) is 13.9. The van der Waals surface area contributed by atoms with Gasteiger partial charge in [-0.2, -0.15) is 0 Å². The molecule has 0 aliphatic carbocycles. The number of fused-ring (bicyclic) bond motifs is 1. The predicted octanol–water partition coefficient (Wildman–Crippen LogP) is 4.13. The number of nitrogens with zero attached hydrogens (tertiary/aromatic N) is 1. The molecule has 0 unspecified atom stereocenters. The summed E-state index contributed by atoms with van der Waals surface area (Å²) >= 11 is 0. The molecule has 20 heavy (non-hydrogen) atoms. The molecule has 0 saturated heterocycles. The Morgan fingerprint density at radius 2 is 1.85 bits per heavy atom. The van der Waals surface area contributed by atoms with Gasteiger partial charge < -0.3 is 5.32 Å². The first-order chi connectivity index (χ1) is 9.72. The van der Waals surface area contributed by atoms with Gasteiger partial charge in [-0.15, -0.1) is 0 Å². The number of hydrogen-bond acceptors (Lipinski definition) is 2. The first-order valence-corrected chi connectivity index (χ1v) is 6.25. The molecule has 2 aromatic carbocycles. The van der Waals surface area contributed by atoms with Crippen molar-refractivity contribution in [3.05, 3.63) is 71.9 Å². The Balaban J connectivity index is 1.79. The highest BCUT2D eigenvalue weighted by Crippen LogP contribution is 2.17. The number of pyridine rings is 1. The Morgan fingerprint density at radius 3 is 2.70 bits per heavy atom. The lowest BCUT2D eigenvalue weighted by Crippen LogP contribution is -2.02. The van der Waals surface area contributed by atoms with Crippen molar-refractivity contribution in [2.24, 2.45) is 0 Å². The highest BCUT2D eigenvalue weighted by molar-refractivity contribution is 5.81. The molecular formula is C16H12F2N2. The van der Waals surface area contributed by atoms with Crippen molar-refractivity contribution in [1.82, 2.24) is 4.98 Å². The van der Waals surface area contributed by atoms with Crippen molar-refractivity contribution in [3.8, 4) is 0 Å². The molecule has 3 rings (SSSR count). The lowest BCUT2D eigenvalue weighted by molar-refractivity contribution is 0.574. The average Bonchev–Trinajstić information content (AvgIpc) is 2.46. The van der Waals surface area contributed by atoms with Gasteiger partial charge in [-0.25, -0.2) is 8.78 Å². The van der Waals surface area contributed by atoms with Gasteiger partial charge in [0.2, 0.25) is 0 Å². The summed E-state index contributed by atoms with van der Waals surface area (Å²) in [5.74, 6) is -1.12. The summed E-state index contributed by atoms with van der Waals surface area (Å²) in [5, 5.41) is 4.10. The van der Waals surface area contributed by atoms with Crippen LogP contribution in [-0.2, 0) is 6.54 Å². The van der Waals surface area contributed by atoms with E-state index < -0.39 is 11.6 Å². The van der Waals surface area contributed by atoms with Crippen LogP contribution >= 0.6 is 0 Å². The standard InChI is InChI=1S/C16H12F2N2/c17-13-6-5-12(15(18)8-13)9-19-14-7-11-3-1-2-4-16(11)20-10-14/h1-8,10,19H,9H2. The van der Waals surface area contributed by atoms with Crippen LogP contribution in [0.5, 0.6) is 0 Å². The van der Waals surface area contributed by atoms with Crippen molar-refractivity contribution in [2.75, 3.05) is 5.32 Å². The van der Waals surface area contributed by atoms with Gasteiger partial charge in [0, 0.05) is 23.6 Å². The van der Waals surface area contributed by atoms with Crippen LogP contribution in [0.3, 0.4) is 0 Å². The van der Waals surface area contributed by atoms with E-state index in [4.69, 9.17) is 0 Å². The van der Waals surface area contributed by atoms with E-state index in [9.17, 15) is 8.78 Å². The minimum Gasteiger partial charge on any atom is -0.380 e. The molecule has 0 bridgehead atoms. The van der Waals surface area contributed by atoms with Gasteiger partial charge in [0.05, 0.1) is 17.4 Å². The van der Waals surface area contributed by atoms with E-state index in [0.717, 1.165) is 22.7 Å². The minimum atomic E-state index is -0.571. The summed E-state index contributed by atoms with van der Waals surface area (Å²) in [6, 6.07) is 13.3. The van der Waals surface area contributed by atoms with Crippen LogP contribution in [0.15, 0.2) is 54.7 Å². The van der Waals surface area contributed by atoms with Crippen molar-refractivity contribution in [3.63, 3.8) is 0 Å². The molecule has 0 radical (unpaired) electrons. The molecule has 1 heterocycles. The number of aromatic nitrogens is 1. The summed E-state index contributed by atoms with van der Waals surface area (Å²) < 4.78 is 26.3. The van der Waals surface area contributed by atoms with Crippen LogP contribution in [0.2, 0.25) is 0 Å². The van der Waals surface area contributed by atoms with Gasteiger partial charge in [-0.3, -0.25) is 4.98 Å². The molecule has 1 aromatic heterocycles. The second-order valence-corrected chi connectivity index (χ2v) is 4.51. The highest BCUT2D eigenvalue weighted by Gasteiger charge is 2.04. The second-order valence-electron chi connectivity index (χ2n) is 4.51. The van der Waals surface area contributed by atoms with Crippen molar-refractivity contribution < 1.29 is 8.78 Å². The average molecular weight is 270 g/mol. The van der Waals surface area contributed by atoms with Crippen molar-refractivity contribution in [1.29, 1.82) is 0 Å². The molecule has 4 heteroatoms. The normalized spacial score (nSPS) is 10.7. The molecule has 0 aliphatic heterocycles. The fourth-order valence-electron chi connectivity index (χ4n) is 2.03. The molecule has 0 aliphatic rings. The SMILES string of the molecule is Fc1ccc(CNc2cnc3ccccc3c2)c(F)c1. The fraction of sp³-hybridized carbons (Fsp3) is 0.0625. The van der Waals surface area contributed by atoms with E-state index in [1.54, 1.807) is 6.20 Å². The first kappa shape index (κ1) is 12.5. The quantitative estimate of drug-likeness (QED) is 0.774. The number of rotatable bonds is 3. The molecule has 1 N–H and O–H groups in total. The summed E-state index contributed by atoms with van der Waals surface area (Å²) in [7, 11) is 0. The monoisotopic (exact) mass is 270 g/mol. The molecule has 2 nitrogen and oxygen atoms in total. The van der Waals surface area contributed by atoms with Crippen LogP contribution in [0.25, 0.3) is 10.9 Å². The highest BCUT2D eigenvalue weighted by atomic mass is 19.1. The summed E-state index contributed by atoms with van der Waals surface area (Å²) in [4.78, 5) is 4.31.